The van der Waals surface area contributed by atoms with Crippen LogP contribution in [0.2, 0.25) is 0 Å². The van der Waals surface area contributed by atoms with Gasteiger partial charge in [0.2, 0.25) is 0 Å². The first-order valence-corrected chi connectivity index (χ1v) is 7.72. The zero-order valence-corrected chi connectivity index (χ0v) is 12.6. The summed E-state index contributed by atoms with van der Waals surface area (Å²) in [6, 6.07) is 3.39. The zero-order valence-electron chi connectivity index (χ0n) is 12.6. The summed E-state index contributed by atoms with van der Waals surface area (Å²) in [5.74, 6) is 0.620. The Hall–Kier alpha value is -1.00. The van der Waals surface area contributed by atoms with Crippen molar-refractivity contribution in [2.45, 2.75) is 39.2 Å². The van der Waals surface area contributed by atoms with Crippen molar-refractivity contribution in [3.63, 3.8) is 0 Å². The first-order chi connectivity index (χ1) is 9.65. The molecule has 1 aromatic heterocycles. The van der Waals surface area contributed by atoms with E-state index in [0.717, 1.165) is 24.6 Å². The lowest BCUT2D eigenvalue weighted by molar-refractivity contribution is 0.190. The third-order valence-corrected chi connectivity index (χ3v) is 4.17. The highest BCUT2D eigenvalue weighted by Gasteiger charge is 2.14. The molecule has 0 saturated carbocycles. The number of piperidine rings is 1. The van der Waals surface area contributed by atoms with Crippen LogP contribution in [0.5, 0.6) is 0 Å². The molecular formula is C16H26FN3. The lowest BCUT2D eigenvalue weighted by atomic mass is 9.99. The summed E-state index contributed by atoms with van der Waals surface area (Å²) in [6.45, 7) is 9.06. The number of rotatable bonds is 6. The number of aromatic nitrogens is 1. The smallest absolute Gasteiger partial charge is 0.141 e. The molecule has 0 radical (unpaired) electrons. The van der Waals surface area contributed by atoms with Gasteiger partial charge >= 0.3 is 0 Å². The Balaban J connectivity index is 1.62. The fraction of sp³-hybridized carbons (Fsp3) is 0.688. The Morgan fingerprint density at radius 3 is 2.80 bits per heavy atom. The van der Waals surface area contributed by atoms with Crippen molar-refractivity contribution in [1.29, 1.82) is 0 Å². The quantitative estimate of drug-likeness (QED) is 0.811. The van der Waals surface area contributed by atoms with Crippen LogP contribution in [0.3, 0.4) is 0 Å². The molecule has 1 aliphatic heterocycles. The van der Waals surface area contributed by atoms with E-state index in [-0.39, 0.29) is 11.9 Å². The van der Waals surface area contributed by atoms with Crippen molar-refractivity contribution < 1.29 is 4.39 Å². The van der Waals surface area contributed by atoms with Crippen LogP contribution in [0.25, 0.3) is 0 Å². The molecule has 0 aromatic carbocycles. The normalized spacial score (nSPS) is 19.1. The number of pyridine rings is 1. The average Bonchev–Trinajstić information content (AvgIpc) is 2.46. The molecule has 1 unspecified atom stereocenters. The van der Waals surface area contributed by atoms with Gasteiger partial charge in [0.15, 0.2) is 0 Å². The van der Waals surface area contributed by atoms with Crippen molar-refractivity contribution in [3.8, 4) is 0 Å². The van der Waals surface area contributed by atoms with Crippen LogP contribution in [0.1, 0.15) is 44.8 Å². The Kier molecular flexibility index (Phi) is 5.92. The van der Waals surface area contributed by atoms with Crippen LogP contribution >= 0.6 is 0 Å². The number of hydrogen-bond donors (Lipinski definition) is 1. The SMILES string of the molecule is CC1CCN(CCCNC(C)c2ccc(F)cn2)CC1. The van der Waals surface area contributed by atoms with Gasteiger partial charge in [-0.05, 0) is 70.4 Å². The predicted octanol–water partition coefficient (Wildman–Crippen LogP) is 2.99. The van der Waals surface area contributed by atoms with Crippen molar-refractivity contribution in [2.75, 3.05) is 26.2 Å². The number of likely N-dealkylation sites (tertiary alicyclic amines) is 1. The summed E-state index contributed by atoms with van der Waals surface area (Å²) < 4.78 is 12.8. The topological polar surface area (TPSA) is 28.2 Å². The van der Waals surface area contributed by atoms with Gasteiger partial charge in [0.1, 0.15) is 5.82 Å². The van der Waals surface area contributed by atoms with Gasteiger partial charge in [-0.25, -0.2) is 4.39 Å². The number of halogens is 1. The van der Waals surface area contributed by atoms with E-state index in [1.807, 2.05) is 0 Å². The summed E-state index contributed by atoms with van der Waals surface area (Å²) >= 11 is 0. The molecule has 1 aromatic rings. The summed E-state index contributed by atoms with van der Waals surface area (Å²) in [7, 11) is 0. The van der Waals surface area contributed by atoms with Crippen molar-refractivity contribution in [1.82, 2.24) is 15.2 Å². The summed E-state index contributed by atoms with van der Waals surface area (Å²) in [5.41, 5.74) is 0.901. The Labute approximate surface area is 121 Å². The van der Waals surface area contributed by atoms with E-state index in [9.17, 15) is 4.39 Å². The monoisotopic (exact) mass is 279 g/mol. The van der Waals surface area contributed by atoms with Crippen LogP contribution in [0.4, 0.5) is 4.39 Å². The minimum atomic E-state index is -0.278. The highest BCUT2D eigenvalue weighted by atomic mass is 19.1. The molecule has 4 heteroatoms. The van der Waals surface area contributed by atoms with Crippen LogP contribution in [0.15, 0.2) is 18.3 Å². The maximum absolute atomic E-state index is 12.8. The van der Waals surface area contributed by atoms with Crippen molar-refractivity contribution in [3.05, 3.63) is 29.8 Å². The second-order valence-electron chi connectivity index (χ2n) is 5.95. The van der Waals surface area contributed by atoms with Gasteiger partial charge in [-0.3, -0.25) is 4.98 Å². The molecule has 1 aliphatic rings. The maximum atomic E-state index is 12.8. The maximum Gasteiger partial charge on any atom is 0.141 e. The van der Waals surface area contributed by atoms with E-state index < -0.39 is 0 Å². The fourth-order valence-electron chi connectivity index (χ4n) is 2.65. The average molecular weight is 279 g/mol. The lowest BCUT2D eigenvalue weighted by Gasteiger charge is -2.30. The van der Waals surface area contributed by atoms with Crippen LogP contribution in [0, 0.1) is 11.7 Å². The standard InChI is InChI=1S/C16H26FN3/c1-13-6-10-20(11-7-13)9-3-8-18-14(2)16-5-4-15(17)12-19-16/h4-5,12-14,18H,3,6-11H2,1-2H3. The molecule has 0 bridgehead atoms. The highest BCUT2D eigenvalue weighted by Crippen LogP contribution is 2.16. The zero-order chi connectivity index (χ0) is 14.4. The van der Waals surface area contributed by atoms with E-state index >= 15 is 0 Å². The van der Waals surface area contributed by atoms with E-state index in [2.05, 4.69) is 29.0 Å². The molecule has 1 atom stereocenters. The predicted molar refractivity (Wildman–Crippen MR) is 80.1 cm³/mol. The lowest BCUT2D eigenvalue weighted by Crippen LogP contribution is -2.35. The van der Waals surface area contributed by atoms with E-state index in [4.69, 9.17) is 0 Å². The summed E-state index contributed by atoms with van der Waals surface area (Å²) in [6.07, 6.45) is 5.11. The van der Waals surface area contributed by atoms with Gasteiger partial charge < -0.3 is 10.2 Å². The number of hydrogen-bond acceptors (Lipinski definition) is 3. The van der Waals surface area contributed by atoms with Gasteiger partial charge in [0.05, 0.1) is 11.9 Å². The second kappa shape index (κ2) is 7.70. The fourth-order valence-corrected chi connectivity index (χ4v) is 2.65. The van der Waals surface area contributed by atoms with Crippen LogP contribution < -0.4 is 5.32 Å². The Morgan fingerprint density at radius 2 is 2.15 bits per heavy atom. The van der Waals surface area contributed by atoms with Gasteiger partial charge in [-0.2, -0.15) is 0 Å². The van der Waals surface area contributed by atoms with E-state index in [0.29, 0.717) is 0 Å². The first-order valence-electron chi connectivity index (χ1n) is 7.72. The first kappa shape index (κ1) is 15.4. The molecule has 1 saturated heterocycles. The minimum absolute atomic E-state index is 0.178. The number of nitrogens with one attached hydrogen (secondary N) is 1. The van der Waals surface area contributed by atoms with E-state index in [1.54, 1.807) is 6.07 Å². The summed E-state index contributed by atoms with van der Waals surface area (Å²) in [5, 5.41) is 3.46. The van der Waals surface area contributed by atoms with Crippen molar-refractivity contribution in [2.24, 2.45) is 5.92 Å². The minimum Gasteiger partial charge on any atom is -0.309 e. The molecule has 20 heavy (non-hydrogen) atoms. The third-order valence-electron chi connectivity index (χ3n) is 4.17. The molecular weight excluding hydrogens is 253 g/mol. The molecule has 0 spiro atoms. The van der Waals surface area contributed by atoms with Gasteiger partial charge in [0, 0.05) is 6.04 Å². The third kappa shape index (κ3) is 4.84. The molecule has 112 valence electrons. The van der Waals surface area contributed by atoms with E-state index in [1.165, 1.54) is 44.7 Å². The van der Waals surface area contributed by atoms with Gasteiger partial charge in [-0.15, -0.1) is 0 Å². The largest absolute Gasteiger partial charge is 0.309 e. The molecule has 2 rings (SSSR count). The van der Waals surface area contributed by atoms with Crippen LogP contribution in [-0.4, -0.2) is 36.1 Å². The van der Waals surface area contributed by atoms with Crippen LogP contribution in [-0.2, 0) is 0 Å². The molecule has 1 fully saturated rings. The van der Waals surface area contributed by atoms with Crippen molar-refractivity contribution >= 4 is 0 Å². The molecule has 3 nitrogen and oxygen atoms in total. The molecule has 1 N–H and O–H groups in total. The Bertz CT molecular complexity index is 385. The van der Waals surface area contributed by atoms with Gasteiger partial charge in [0.25, 0.3) is 0 Å². The number of nitrogens with zero attached hydrogens (tertiary/aromatic N) is 2. The summed E-state index contributed by atoms with van der Waals surface area (Å²) in [4.78, 5) is 6.67. The highest BCUT2D eigenvalue weighted by molar-refractivity contribution is 5.08. The molecule has 0 aliphatic carbocycles. The van der Waals surface area contributed by atoms with Gasteiger partial charge in [-0.1, -0.05) is 6.92 Å². The molecule has 2 heterocycles. The second-order valence-corrected chi connectivity index (χ2v) is 5.95. The molecule has 0 amide bonds. The Morgan fingerprint density at radius 1 is 1.40 bits per heavy atom.